The van der Waals surface area contributed by atoms with E-state index < -0.39 is 6.10 Å². The fourth-order valence-corrected chi connectivity index (χ4v) is 5.58. The van der Waals surface area contributed by atoms with Crippen molar-refractivity contribution in [2.24, 2.45) is 5.92 Å². The van der Waals surface area contributed by atoms with Crippen molar-refractivity contribution in [2.75, 3.05) is 13.7 Å². The van der Waals surface area contributed by atoms with E-state index in [1.807, 2.05) is 11.0 Å². The van der Waals surface area contributed by atoms with Gasteiger partial charge in [-0.05, 0) is 44.2 Å². The van der Waals surface area contributed by atoms with Crippen molar-refractivity contribution < 1.29 is 19.1 Å². The number of carbonyl (C=O) groups excluding carboxylic acids is 2. The summed E-state index contributed by atoms with van der Waals surface area (Å²) < 4.78 is 11.8. The molecule has 25 heavy (non-hydrogen) atoms. The lowest BCUT2D eigenvalue weighted by molar-refractivity contribution is -0.144. The highest BCUT2D eigenvalue weighted by molar-refractivity contribution is 5.89. The van der Waals surface area contributed by atoms with E-state index in [2.05, 4.69) is 19.9 Å². The van der Waals surface area contributed by atoms with Gasteiger partial charge in [0.15, 0.2) is 23.4 Å². The first-order valence-corrected chi connectivity index (χ1v) is 9.06. The van der Waals surface area contributed by atoms with Crippen LogP contribution < -0.4 is 9.47 Å². The molecule has 2 fully saturated rings. The summed E-state index contributed by atoms with van der Waals surface area (Å²) in [5, 5.41) is 0. The highest BCUT2D eigenvalue weighted by atomic mass is 16.5. The normalized spacial score (nSPS) is 33.2. The number of Topliss-reactive ketones (excluding diaryl/α,β-unsaturated/α-hetero) is 1. The first-order chi connectivity index (χ1) is 11.9. The van der Waals surface area contributed by atoms with Gasteiger partial charge < -0.3 is 14.4 Å². The average Bonchev–Trinajstić information content (AvgIpc) is 2.92. The number of rotatable bonds is 1. The van der Waals surface area contributed by atoms with E-state index >= 15 is 0 Å². The minimum absolute atomic E-state index is 0.0991. The molecule has 2 heterocycles. The van der Waals surface area contributed by atoms with Crippen LogP contribution in [-0.4, -0.2) is 42.4 Å². The van der Waals surface area contributed by atoms with E-state index in [-0.39, 0.29) is 29.1 Å². The van der Waals surface area contributed by atoms with Crippen molar-refractivity contribution in [1.29, 1.82) is 0 Å². The van der Waals surface area contributed by atoms with Crippen molar-refractivity contribution >= 4 is 11.7 Å². The van der Waals surface area contributed by atoms with Gasteiger partial charge in [-0.25, -0.2) is 0 Å². The van der Waals surface area contributed by atoms with Crippen molar-refractivity contribution in [2.45, 2.75) is 57.6 Å². The molecule has 4 rings (SSSR count). The fourth-order valence-electron chi connectivity index (χ4n) is 5.58. The van der Waals surface area contributed by atoms with Crippen LogP contribution in [0.15, 0.2) is 12.1 Å². The monoisotopic (exact) mass is 343 g/mol. The SMILES string of the molecule is COc1ccc(C)c2c1O[C@H]1C(=O)CCC3[C@@H](C)N(C(C)=O)CC[C@@]231. The quantitative estimate of drug-likeness (QED) is 0.787. The summed E-state index contributed by atoms with van der Waals surface area (Å²) in [4.78, 5) is 26.8. The van der Waals surface area contributed by atoms with E-state index in [0.717, 1.165) is 29.7 Å². The van der Waals surface area contributed by atoms with Gasteiger partial charge in [-0.1, -0.05) is 6.07 Å². The van der Waals surface area contributed by atoms with Crippen LogP contribution in [0.3, 0.4) is 0 Å². The number of amides is 1. The second-order valence-corrected chi connectivity index (χ2v) is 7.64. The Labute approximate surface area is 148 Å². The summed E-state index contributed by atoms with van der Waals surface area (Å²) in [6.07, 6.45) is 1.63. The third-order valence-electron chi connectivity index (χ3n) is 6.62. The van der Waals surface area contributed by atoms with Gasteiger partial charge in [-0.2, -0.15) is 0 Å². The van der Waals surface area contributed by atoms with Crippen molar-refractivity contribution in [1.82, 2.24) is 4.90 Å². The number of hydrogen-bond donors (Lipinski definition) is 0. The lowest BCUT2D eigenvalue weighted by Gasteiger charge is -2.53. The van der Waals surface area contributed by atoms with Crippen LogP contribution in [-0.2, 0) is 15.0 Å². The molecule has 3 aliphatic rings. The number of fused-ring (bicyclic) bond motifs is 1. The number of ketones is 1. The molecule has 5 heteroatoms. The molecule has 0 N–H and O–H groups in total. The van der Waals surface area contributed by atoms with Gasteiger partial charge in [0, 0.05) is 36.9 Å². The number of hydrogen-bond acceptors (Lipinski definition) is 4. The number of aryl methyl sites for hydroxylation is 1. The van der Waals surface area contributed by atoms with Gasteiger partial charge in [0.05, 0.1) is 7.11 Å². The predicted octanol–water partition coefficient (Wildman–Crippen LogP) is 2.62. The molecule has 1 aromatic rings. The second-order valence-electron chi connectivity index (χ2n) is 7.64. The first kappa shape index (κ1) is 16.4. The molecule has 134 valence electrons. The Morgan fingerprint density at radius 3 is 2.84 bits per heavy atom. The first-order valence-electron chi connectivity index (χ1n) is 9.06. The zero-order valence-corrected chi connectivity index (χ0v) is 15.3. The molecule has 2 aliphatic heterocycles. The van der Waals surface area contributed by atoms with Gasteiger partial charge in [0.1, 0.15) is 0 Å². The molecule has 1 aromatic carbocycles. The minimum atomic E-state index is -0.451. The van der Waals surface area contributed by atoms with Crippen molar-refractivity contribution in [3.8, 4) is 11.5 Å². The molecule has 1 spiro atoms. The number of benzene rings is 1. The van der Waals surface area contributed by atoms with Crippen LogP contribution in [0.1, 0.15) is 44.2 Å². The second kappa shape index (κ2) is 5.48. The van der Waals surface area contributed by atoms with Crippen LogP contribution in [0.25, 0.3) is 0 Å². The number of nitrogens with zero attached hydrogens (tertiary/aromatic N) is 1. The molecule has 5 nitrogen and oxygen atoms in total. The summed E-state index contributed by atoms with van der Waals surface area (Å²) >= 11 is 0. The van der Waals surface area contributed by atoms with Gasteiger partial charge in [-0.3, -0.25) is 9.59 Å². The maximum absolute atomic E-state index is 12.8. The molecular weight excluding hydrogens is 318 g/mol. The summed E-state index contributed by atoms with van der Waals surface area (Å²) in [5.74, 6) is 1.93. The Kier molecular flexibility index (Phi) is 3.60. The van der Waals surface area contributed by atoms with E-state index in [1.165, 1.54) is 0 Å². The average molecular weight is 343 g/mol. The Hall–Kier alpha value is -2.04. The molecule has 1 aliphatic carbocycles. The maximum Gasteiger partial charge on any atom is 0.219 e. The molecule has 1 unspecified atom stereocenters. The molecule has 0 aromatic heterocycles. The largest absolute Gasteiger partial charge is 0.493 e. The van der Waals surface area contributed by atoms with E-state index in [4.69, 9.17) is 9.47 Å². The topological polar surface area (TPSA) is 55.8 Å². The Morgan fingerprint density at radius 1 is 1.40 bits per heavy atom. The summed E-state index contributed by atoms with van der Waals surface area (Å²) in [6, 6.07) is 4.06. The Bertz CT molecular complexity index is 758. The van der Waals surface area contributed by atoms with E-state index in [1.54, 1.807) is 14.0 Å². The summed E-state index contributed by atoms with van der Waals surface area (Å²) in [5.41, 5.74) is 1.93. The lowest BCUT2D eigenvalue weighted by Crippen LogP contribution is -2.63. The number of methoxy groups -OCH3 is 1. The summed E-state index contributed by atoms with van der Waals surface area (Å²) in [7, 11) is 1.63. The third kappa shape index (κ3) is 2.01. The highest BCUT2D eigenvalue weighted by Gasteiger charge is 2.63. The fraction of sp³-hybridized carbons (Fsp3) is 0.600. The van der Waals surface area contributed by atoms with Crippen LogP contribution in [0.5, 0.6) is 11.5 Å². The molecule has 4 atom stereocenters. The number of likely N-dealkylation sites (tertiary alicyclic amines) is 1. The van der Waals surface area contributed by atoms with Crippen LogP contribution in [0, 0.1) is 12.8 Å². The Balaban J connectivity index is 1.91. The Morgan fingerprint density at radius 2 is 2.16 bits per heavy atom. The van der Waals surface area contributed by atoms with Crippen LogP contribution in [0.2, 0.25) is 0 Å². The number of carbonyl (C=O) groups is 2. The third-order valence-corrected chi connectivity index (χ3v) is 6.62. The zero-order chi connectivity index (χ0) is 17.9. The van der Waals surface area contributed by atoms with Gasteiger partial charge in [0.2, 0.25) is 5.91 Å². The van der Waals surface area contributed by atoms with E-state index in [0.29, 0.717) is 18.7 Å². The number of piperidine rings is 1. The predicted molar refractivity (Wildman–Crippen MR) is 93.0 cm³/mol. The molecule has 0 radical (unpaired) electrons. The zero-order valence-electron chi connectivity index (χ0n) is 15.3. The maximum atomic E-state index is 12.8. The summed E-state index contributed by atoms with van der Waals surface area (Å²) in [6.45, 7) is 6.49. The molecule has 1 saturated carbocycles. The minimum Gasteiger partial charge on any atom is -0.493 e. The molecule has 1 amide bonds. The lowest BCUT2D eigenvalue weighted by atomic mass is 9.55. The molecule has 0 bridgehead atoms. The standard InChI is InChI=1S/C20H25NO4/c1-11-5-8-16(24-4)18-17(11)20-9-10-21(13(3)22)12(2)14(20)6-7-15(23)19(20)25-18/h5,8,12,14,19H,6-7,9-10H2,1-4H3/t12-,14?,19+,20+/m1/s1. The van der Waals surface area contributed by atoms with Crippen molar-refractivity contribution in [3.63, 3.8) is 0 Å². The highest BCUT2D eigenvalue weighted by Crippen LogP contribution is 2.60. The smallest absolute Gasteiger partial charge is 0.219 e. The van der Waals surface area contributed by atoms with E-state index in [9.17, 15) is 9.59 Å². The number of ether oxygens (including phenoxy) is 2. The van der Waals surface area contributed by atoms with Crippen LogP contribution >= 0.6 is 0 Å². The van der Waals surface area contributed by atoms with Gasteiger partial charge >= 0.3 is 0 Å². The van der Waals surface area contributed by atoms with Gasteiger partial charge in [-0.15, -0.1) is 0 Å². The van der Waals surface area contributed by atoms with Crippen molar-refractivity contribution in [3.05, 3.63) is 23.3 Å². The van der Waals surface area contributed by atoms with Gasteiger partial charge in [0.25, 0.3) is 0 Å². The molecule has 1 saturated heterocycles. The van der Waals surface area contributed by atoms with Crippen LogP contribution in [0.4, 0.5) is 0 Å². The molecular formula is C20H25NO4.